The summed E-state index contributed by atoms with van der Waals surface area (Å²) in [6.07, 6.45) is 3.05. The number of benzene rings is 1. The number of pyridine rings is 1. The van der Waals surface area contributed by atoms with E-state index < -0.39 is 10.0 Å². The first kappa shape index (κ1) is 28.7. The third kappa shape index (κ3) is 5.54. The van der Waals surface area contributed by atoms with E-state index >= 15 is 0 Å². The number of aromatic nitrogens is 4. The molecule has 0 saturated carbocycles. The first-order chi connectivity index (χ1) is 20.8. The Morgan fingerprint density at radius 3 is 2.53 bits per heavy atom. The third-order valence-corrected chi connectivity index (χ3v) is 9.56. The molecule has 2 aliphatic heterocycles. The number of anilines is 1. The number of sulfonamides is 1. The Morgan fingerprint density at radius 2 is 1.84 bits per heavy atom. The fourth-order valence-corrected chi connectivity index (χ4v) is 6.65. The number of piperidine rings is 1. The topological polar surface area (TPSA) is 129 Å². The molecule has 0 aliphatic carbocycles. The van der Waals surface area contributed by atoms with E-state index in [2.05, 4.69) is 33.3 Å². The number of likely N-dealkylation sites (tertiary alicyclic amines) is 1. The molecule has 0 radical (unpaired) electrons. The second-order valence-corrected chi connectivity index (χ2v) is 12.5. The molecular formula is C31H33N7O4S. The zero-order valence-corrected chi connectivity index (χ0v) is 24.9. The van der Waals surface area contributed by atoms with E-state index in [4.69, 9.17) is 20.2 Å². The Morgan fingerprint density at radius 1 is 1.09 bits per heavy atom. The average Bonchev–Trinajstić information content (AvgIpc) is 3.29. The van der Waals surface area contributed by atoms with E-state index in [0.29, 0.717) is 59.1 Å². The maximum atomic E-state index is 12.1. The van der Waals surface area contributed by atoms with Crippen LogP contribution in [0.1, 0.15) is 18.5 Å². The molecule has 11 nitrogen and oxygen atoms in total. The van der Waals surface area contributed by atoms with Crippen molar-refractivity contribution in [1.29, 1.82) is 0 Å². The highest BCUT2D eigenvalue weighted by molar-refractivity contribution is 7.92. The number of para-hydroxylation sites is 1. The van der Waals surface area contributed by atoms with Crippen molar-refractivity contribution in [1.82, 2.24) is 28.7 Å². The van der Waals surface area contributed by atoms with Crippen molar-refractivity contribution >= 4 is 26.9 Å². The van der Waals surface area contributed by atoms with E-state index in [1.807, 2.05) is 54.1 Å². The zero-order chi connectivity index (χ0) is 30.1. The lowest BCUT2D eigenvalue weighted by molar-refractivity contribution is 0.0535. The Kier molecular flexibility index (Phi) is 7.79. The van der Waals surface area contributed by atoms with Gasteiger partial charge in [0.05, 0.1) is 18.2 Å². The second kappa shape index (κ2) is 11.7. The third-order valence-electron chi connectivity index (χ3n) is 8.06. The number of aryl methyl sites for hydroxylation is 1. The number of hydrogen-bond donors (Lipinski definition) is 1. The van der Waals surface area contributed by atoms with Gasteiger partial charge in [0.15, 0.2) is 5.75 Å². The van der Waals surface area contributed by atoms with Crippen LogP contribution >= 0.6 is 0 Å². The molecule has 0 bridgehead atoms. The van der Waals surface area contributed by atoms with E-state index in [1.165, 1.54) is 10.6 Å². The van der Waals surface area contributed by atoms with Crippen LogP contribution in [0.25, 0.3) is 22.3 Å². The summed E-state index contributed by atoms with van der Waals surface area (Å²) in [5.74, 6) is 8.86. The Labute approximate surface area is 251 Å². The van der Waals surface area contributed by atoms with Gasteiger partial charge >= 0.3 is 0 Å². The number of hydrogen-bond acceptors (Lipinski definition) is 9. The number of nitrogens with zero attached hydrogens (tertiary/aromatic N) is 6. The normalized spacial score (nSPS) is 16.8. The maximum absolute atomic E-state index is 12.1. The van der Waals surface area contributed by atoms with E-state index in [9.17, 15) is 8.42 Å². The summed E-state index contributed by atoms with van der Waals surface area (Å²) in [7, 11) is 0.0985. The van der Waals surface area contributed by atoms with Crippen LogP contribution in [0.5, 0.6) is 17.4 Å². The average molecular weight is 600 g/mol. The predicted molar refractivity (Wildman–Crippen MR) is 165 cm³/mol. The van der Waals surface area contributed by atoms with Gasteiger partial charge in [0.2, 0.25) is 10.0 Å². The summed E-state index contributed by atoms with van der Waals surface area (Å²) in [5.41, 5.74) is 9.11. The lowest BCUT2D eigenvalue weighted by Gasteiger charge is -2.45. The zero-order valence-electron chi connectivity index (χ0n) is 24.1. The van der Waals surface area contributed by atoms with E-state index in [-0.39, 0.29) is 5.92 Å². The van der Waals surface area contributed by atoms with E-state index in [0.717, 1.165) is 42.6 Å². The highest BCUT2D eigenvalue weighted by Crippen LogP contribution is 2.38. The van der Waals surface area contributed by atoms with Gasteiger partial charge in [-0.05, 0) is 43.0 Å². The molecule has 0 unspecified atom stereocenters. The van der Waals surface area contributed by atoms with Gasteiger partial charge in [-0.3, -0.25) is 4.90 Å². The van der Waals surface area contributed by atoms with Gasteiger partial charge in [0.1, 0.15) is 29.2 Å². The minimum Gasteiger partial charge on any atom is -0.478 e. The quantitative estimate of drug-likeness (QED) is 0.317. The first-order valence-corrected chi connectivity index (χ1v) is 15.5. The van der Waals surface area contributed by atoms with Gasteiger partial charge in [-0.1, -0.05) is 30.7 Å². The smallest absolute Gasteiger partial charge is 0.257 e. The number of methoxy groups -OCH3 is 1. The maximum Gasteiger partial charge on any atom is 0.257 e. The molecule has 0 amide bonds. The molecule has 43 heavy (non-hydrogen) atoms. The Balaban J connectivity index is 1.26. The van der Waals surface area contributed by atoms with Crippen molar-refractivity contribution in [2.45, 2.75) is 18.9 Å². The van der Waals surface area contributed by atoms with Gasteiger partial charge in [0, 0.05) is 56.2 Å². The molecule has 2 N–H and O–H groups in total. The molecule has 2 aliphatic rings. The van der Waals surface area contributed by atoms with Crippen LogP contribution in [0, 0.1) is 17.8 Å². The van der Waals surface area contributed by atoms with Gasteiger partial charge in [-0.25, -0.2) is 23.4 Å². The highest BCUT2D eigenvalue weighted by Gasteiger charge is 2.35. The number of ether oxygens (including phenoxy) is 2. The summed E-state index contributed by atoms with van der Waals surface area (Å²) in [4.78, 5) is 15.9. The molecule has 1 aromatic carbocycles. The Bertz CT molecular complexity index is 1830. The first-order valence-electron chi connectivity index (χ1n) is 14.0. The van der Waals surface area contributed by atoms with Gasteiger partial charge < -0.3 is 19.8 Å². The van der Waals surface area contributed by atoms with Crippen molar-refractivity contribution in [3.05, 3.63) is 66.5 Å². The number of nitrogens with two attached hydrogens (primary N) is 1. The van der Waals surface area contributed by atoms with Crippen molar-refractivity contribution in [2.24, 2.45) is 13.0 Å². The molecule has 4 aromatic rings. The molecule has 2 fully saturated rings. The molecule has 5 heterocycles. The van der Waals surface area contributed by atoms with E-state index in [1.54, 1.807) is 7.11 Å². The van der Waals surface area contributed by atoms with Crippen LogP contribution in [-0.2, 0) is 17.1 Å². The minimum absolute atomic E-state index is 0.188. The lowest BCUT2D eigenvalue weighted by atomic mass is 9.94. The van der Waals surface area contributed by atoms with Crippen LogP contribution in [-0.4, -0.2) is 76.5 Å². The summed E-state index contributed by atoms with van der Waals surface area (Å²) >= 11 is 0. The molecule has 0 spiro atoms. The van der Waals surface area contributed by atoms with Crippen LogP contribution in [0.4, 0.5) is 5.82 Å². The summed E-state index contributed by atoms with van der Waals surface area (Å²) in [6.45, 7) is 6.14. The van der Waals surface area contributed by atoms with Crippen molar-refractivity contribution in [3.8, 4) is 40.5 Å². The largest absolute Gasteiger partial charge is 0.478 e. The van der Waals surface area contributed by atoms with Gasteiger partial charge in [0.25, 0.3) is 5.88 Å². The molecule has 0 atom stereocenters. The fraction of sp³-hybridized carbons (Fsp3) is 0.323. The number of rotatable bonds is 7. The molecule has 222 valence electrons. The van der Waals surface area contributed by atoms with Crippen molar-refractivity contribution in [3.63, 3.8) is 0 Å². The molecule has 3 aromatic heterocycles. The van der Waals surface area contributed by atoms with Gasteiger partial charge in [-0.2, -0.15) is 4.31 Å². The van der Waals surface area contributed by atoms with Crippen LogP contribution in [0.3, 0.4) is 0 Å². The van der Waals surface area contributed by atoms with Crippen LogP contribution in [0.15, 0.2) is 60.8 Å². The van der Waals surface area contributed by atoms with Crippen molar-refractivity contribution in [2.75, 3.05) is 39.0 Å². The van der Waals surface area contributed by atoms with Crippen molar-refractivity contribution < 1.29 is 17.9 Å². The van der Waals surface area contributed by atoms with Gasteiger partial charge in [-0.15, -0.1) is 0 Å². The predicted octanol–water partition coefficient (Wildman–Crippen LogP) is 3.63. The molecule has 6 rings (SSSR count). The molecular weight excluding hydrogens is 566 g/mol. The standard InChI is InChI=1S/C31H33N7O4S/c1-4-43(39,40)38-16-14-22(15-17-38)37-18-21(19-37)10-12-25-27(28-29(32)33-20-34-30(28)36(25)2)24-11-13-26(31(35-24)41-3)42-23-8-6-5-7-9-23/h4-9,11,13,20-22H,1,14-19H2,2-3H3,(H2,32,33,34). The molecule has 12 heteroatoms. The monoisotopic (exact) mass is 599 g/mol. The lowest BCUT2D eigenvalue weighted by Crippen LogP contribution is -2.55. The minimum atomic E-state index is -3.36. The second-order valence-electron chi connectivity index (χ2n) is 10.6. The highest BCUT2D eigenvalue weighted by atomic mass is 32.2. The molecule has 2 saturated heterocycles. The summed E-state index contributed by atoms with van der Waals surface area (Å²) in [6, 6.07) is 13.5. The number of nitrogen functional groups attached to an aromatic ring is 1. The van der Waals surface area contributed by atoms with Crippen LogP contribution < -0.4 is 15.2 Å². The SMILES string of the molecule is C=CS(=O)(=O)N1CCC(N2CC(C#Cc3c(-c4ccc(Oc5ccccc5)c(OC)n4)c4c(N)ncnc4n3C)C2)CC1. The number of fused-ring (bicyclic) bond motifs is 1. The fourth-order valence-electron chi connectivity index (χ4n) is 5.72. The van der Waals surface area contributed by atoms with Crippen LogP contribution in [0.2, 0.25) is 0 Å². The summed E-state index contributed by atoms with van der Waals surface area (Å²) < 4.78 is 39.2. The summed E-state index contributed by atoms with van der Waals surface area (Å²) in [5, 5.41) is 1.71. The Hall–Kier alpha value is -4.44.